The highest BCUT2D eigenvalue weighted by Crippen LogP contribution is 1.96. The molecule has 0 aromatic rings. The molecular formula is C9H18N2O3. The van der Waals surface area contributed by atoms with E-state index in [9.17, 15) is 9.59 Å². The van der Waals surface area contributed by atoms with Gasteiger partial charge in [0.05, 0.1) is 6.54 Å². The van der Waals surface area contributed by atoms with Crippen molar-refractivity contribution in [1.29, 1.82) is 0 Å². The molecule has 0 rings (SSSR count). The molecule has 0 saturated carbocycles. The summed E-state index contributed by atoms with van der Waals surface area (Å²) in [4.78, 5) is 21.8. The van der Waals surface area contributed by atoms with Gasteiger partial charge in [-0.2, -0.15) is 0 Å². The van der Waals surface area contributed by atoms with E-state index >= 15 is 0 Å². The molecule has 0 spiro atoms. The summed E-state index contributed by atoms with van der Waals surface area (Å²) in [6, 6.07) is -0.758. The molecule has 14 heavy (non-hydrogen) atoms. The van der Waals surface area contributed by atoms with Crippen molar-refractivity contribution in [2.75, 3.05) is 13.1 Å². The van der Waals surface area contributed by atoms with Crippen LogP contribution in [-0.2, 0) is 9.59 Å². The van der Waals surface area contributed by atoms with E-state index in [1.165, 1.54) is 0 Å². The van der Waals surface area contributed by atoms with E-state index in [4.69, 9.17) is 5.11 Å². The number of aliphatic carboxylic acids is 1. The van der Waals surface area contributed by atoms with Crippen LogP contribution in [0.1, 0.15) is 26.7 Å². The minimum atomic E-state index is -0.975. The lowest BCUT2D eigenvalue weighted by Gasteiger charge is -2.13. The van der Waals surface area contributed by atoms with Gasteiger partial charge >= 0.3 is 5.97 Å². The zero-order valence-corrected chi connectivity index (χ0v) is 8.67. The Morgan fingerprint density at radius 3 is 2.43 bits per heavy atom. The van der Waals surface area contributed by atoms with Crippen LogP contribution in [0.2, 0.25) is 0 Å². The first-order chi connectivity index (χ1) is 6.61. The van der Waals surface area contributed by atoms with Gasteiger partial charge in [0.25, 0.3) is 0 Å². The molecular weight excluding hydrogens is 184 g/mol. The maximum atomic E-state index is 11.2. The summed E-state index contributed by atoms with van der Waals surface area (Å²) in [6.45, 7) is 4.63. The van der Waals surface area contributed by atoms with E-state index < -0.39 is 12.0 Å². The van der Waals surface area contributed by atoms with Crippen LogP contribution >= 0.6 is 0 Å². The van der Waals surface area contributed by atoms with Gasteiger partial charge in [-0.3, -0.25) is 4.79 Å². The fourth-order valence-electron chi connectivity index (χ4n) is 1.03. The normalized spacial score (nSPS) is 12.1. The highest BCUT2D eigenvalue weighted by atomic mass is 16.4. The molecule has 5 nitrogen and oxygen atoms in total. The molecule has 5 heteroatoms. The maximum Gasteiger partial charge on any atom is 0.326 e. The van der Waals surface area contributed by atoms with Crippen molar-refractivity contribution in [1.82, 2.24) is 10.6 Å². The SMILES string of the molecule is CCC[C@@H](NC(=O)CNCC)C(=O)O. The van der Waals surface area contributed by atoms with Crippen molar-refractivity contribution in [2.45, 2.75) is 32.7 Å². The standard InChI is InChI=1S/C9H18N2O3/c1-3-5-7(9(13)14)11-8(12)6-10-4-2/h7,10H,3-6H2,1-2H3,(H,11,12)(H,13,14)/t7-/m1/s1. The van der Waals surface area contributed by atoms with Gasteiger partial charge in [0, 0.05) is 0 Å². The van der Waals surface area contributed by atoms with Crippen LogP contribution in [0.5, 0.6) is 0 Å². The number of likely N-dealkylation sites (N-methyl/N-ethyl adjacent to an activating group) is 1. The fourth-order valence-corrected chi connectivity index (χ4v) is 1.03. The number of carbonyl (C=O) groups is 2. The molecule has 1 amide bonds. The number of carbonyl (C=O) groups excluding carboxylic acids is 1. The number of rotatable bonds is 7. The summed E-state index contributed by atoms with van der Waals surface area (Å²) in [5.74, 6) is -1.25. The summed E-state index contributed by atoms with van der Waals surface area (Å²) < 4.78 is 0. The topological polar surface area (TPSA) is 78.4 Å². The van der Waals surface area contributed by atoms with E-state index in [-0.39, 0.29) is 12.5 Å². The first-order valence-corrected chi connectivity index (χ1v) is 4.84. The van der Waals surface area contributed by atoms with E-state index in [1.807, 2.05) is 13.8 Å². The molecule has 0 aromatic carbocycles. The van der Waals surface area contributed by atoms with Crippen LogP contribution in [0, 0.1) is 0 Å². The Morgan fingerprint density at radius 1 is 1.36 bits per heavy atom. The second-order valence-electron chi connectivity index (χ2n) is 3.03. The third-order valence-electron chi connectivity index (χ3n) is 1.75. The molecule has 0 bridgehead atoms. The second kappa shape index (κ2) is 7.32. The fraction of sp³-hybridized carbons (Fsp3) is 0.778. The summed E-state index contributed by atoms with van der Waals surface area (Å²) in [7, 11) is 0. The molecule has 0 saturated heterocycles. The van der Waals surface area contributed by atoms with Gasteiger partial charge in [-0.15, -0.1) is 0 Å². The van der Waals surface area contributed by atoms with Gasteiger partial charge in [0.1, 0.15) is 6.04 Å². The zero-order chi connectivity index (χ0) is 11.0. The van der Waals surface area contributed by atoms with Crippen LogP contribution in [0.25, 0.3) is 0 Å². The van der Waals surface area contributed by atoms with Gasteiger partial charge in [0.2, 0.25) is 5.91 Å². The second-order valence-corrected chi connectivity index (χ2v) is 3.03. The Kier molecular flexibility index (Phi) is 6.74. The predicted octanol–water partition coefficient (Wildman–Crippen LogP) is -0.0346. The van der Waals surface area contributed by atoms with E-state index in [0.29, 0.717) is 13.0 Å². The van der Waals surface area contributed by atoms with E-state index in [0.717, 1.165) is 6.42 Å². The average molecular weight is 202 g/mol. The van der Waals surface area contributed by atoms with Crippen LogP contribution < -0.4 is 10.6 Å². The Bertz CT molecular complexity index is 194. The third kappa shape index (κ3) is 5.53. The first-order valence-electron chi connectivity index (χ1n) is 4.84. The lowest BCUT2D eigenvalue weighted by atomic mass is 10.1. The summed E-state index contributed by atoms with van der Waals surface area (Å²) >= 11 is 0. The molecule has 0 aliphatic rings. The summed E-state index contributed by atoms with van der Waals surface area (Å²) in [6.07, 6.45) is 1.20. The molecule has 82 valence electrons. The van der Waals surface area contributed by atoms with Crippen molar-refractivity contribution in [3.05, 3.63) is 0 Å². The number of carboxylic acid groups (broad SMARTS) is 1. The van der Waals surface area contributed by atoms with Crippen molar-refractivity contribution < 1.29 is 14.7 Å². The lowest BCUT2D eigenvalue weighted by molar-refractivity contribution is -0.141. The van der Waals surface area contributed by atoms with Crippen molar-refractivity contribution in [3.63, 3.8) is 0 Å². The third-order valence-corrected chi connectivity index (χ3v) is 1.75. The molecule has 0 aliphatic carbocycles. The molecule has 1 atom stereocenters. The first kappa shape index (κ1) is 12.9. The average Bonchev–Trinajstić information content (AvgIpc) is 2.14. The van der Waals surface area contributed by atoms with Gasteiger partial charge in [-0.05, 0) is 13.0 Å². The van der Waals surface area contributed by atoms with Gasteiger partial charge in [-0.1, -0.05) is 20.3 Å². The van der Waals surface area contributed by atoms with Crippen LogP contribution in [0.3, 0.4) is 0 Å². The Balaban J connectivity index is 3.90. The minimum absolute atomic E-state index is 0.171. The largest absolute Gasteiger partial charge is 0.480 e. The van der Waals surface area contributed by atoms with Gasteiger partial charge < -0.3 is 15.7 Å². The quantitative estimate of drug-likeness (QED) is 0.541. The molecule has 0 aromatic heterocycles. The Morgan fingerprint density at radius 2 is 2.00 bits per heavy atom. The van der Waals surface area contributed by atoms with Crippen LogP contribution in [0.4, 0.5) is 0 Å². The Hall–Kier alpha value is -1.10. The van der Waals surface area contributed by atoms with E-state index in [1.54, 1.807) is 0 Å². The molecule has 0 fully saturated rings. The molecule has 0 heterocycles. The maximum absolute atomic E-state index is 11.2. The van der Waals surface area contributed by atoms with E-state index in [2.05, 4.69) is 10.6 Å². The zero-order valence-electron chi connectivity index (χ0n) is 8.67. The van der Waals surface area contributed by atoms with Crippen molar-refractivity contribution in [3.8, 4) is 0 Å². The highest BCUT2D eigenvalue weighted by Gasteiger charge is 2.17. The van der Waals surface area contributed by atoms with Crippen molar-refractivity contribution >= 4 is 11.9 Å². The monoisotopic (exact) mass is 202 g/mol. The summed E-state index contributed by atoms with van der Waals surface area (Å²) in [5, 5.41) is 14.0. The number of amides is 1. The molecule has 0 aliphatic heterocycles. The highest BCUT2D eigenvalue weighted by molar-refractivity contribution is 5.84. The van der Waals surface area contributed by atoms with Gasteiger partial charge in [0.15, 0.2) is 0 Å². The Labute approximate surface area is 83.9 Å². The minimum Gasteiger partial charge on any atom is -0.480 e. The molecule has 0 unspecified atom stereocenters. The van der Waals surface area contributed by atoms with Crippen LogP contribution in [-0.4, -0.2) is 36.1 Å². The molecule has 0 radical (unpaired) electrons. The van der Waals surface area contributed by atoms with Gasteiger partial charge in [-0.25, -0.2) is 4.79 Å². The number of carboxylic acids is 1. The summed E-state index contributed by atoms with van der Waals surface area (Å²) in [5.41, 5.74) is 0. The van der Waals surface area contributed by atoms with Crippen molar-refractivity contribution in [2.24, 2.45) is 0 Å². The number of nitrogens with one attached hydrogen (secondary N) is 2. The van der Waals surface area contributed by atoms with Crippen LogP contribution in [0.15, 0.2) is 0 Å². The number of hydrogen-bond donors (Lipinski definition) is 3. The number of hydrogen-bond acceptors (Lipinski definition) is 3. The smallest absolute Gasteiger partial charge is 0.326 e. The molecule has 3 N–H and O–H groups in total. The lowest BCUT2D eigenvalue weighted by Crippen LogP contribution is -2.44. The predicted molar refractivity (Wildman–Crippen MR) is 53.0 cm³/mol.